The second-order valence-electron chi connectivity index (χ2n) is 5.36. The van der Waals surface area contributed by atoms with Crippen LogP contribution in [-0.4, -0.2) is 28.8 Å². The molecule has 1 aliphatic rings. The number of benzene rings is 1. The Bertz CT molecular complexity index is 631. The maximum atomic E-state index is 11.3. The van der Waals surface area contributed by atoms with Gasteiger partial charge in [-0.25, -0.2) is 0 Å². The molecule has 5 N–H and O–H groups in total. The largest absolute Gasteiger partial charge is 0.480 e. The van der Waals surface area contributed by atoms with Gasteiger partial charge in [0.15, 0.2) is 0 Å². The Morgan fingerprint density at radius 1 is 1.50 bits per heavy atom. The molecule has 1 heterocycles. The molecule has 0 radical (unpaired) electrons. The van der Waals surface area contributed by atoms with Gasteiger partial charge in [0.1, 0.15) is 6.04 Å². The lowest BCUT2D eigenvalue weighted by atomic mass is 9.98. The van der Waals surface area contributed by atoms with Crippen LogP contribution in [0.2, 0.25) is 0 Å². The van der Waals surface area contributed by atoms with Crippen LogP contribution in [0.5, 0.6) is 0 Å². The highest BCUT2D eigenvalue weighted by Crippen LogP contribution is 2.43. The molecule has 3 rings (SSSR count). The van der Waals surface area contributed by atoms with E-state index in [1.54, 1.807) is 0 Å². The SMILES string of the molecule is NCNC(Cc1c[nH]c2cccc(C3CC3)c12)C(=O)O. The molecule has 1 fully saturated rings. The van der Waals surface area contributed by atoms with Crippen LogP contribution in [0.15, 0.2) is 24.4 Å². The average Bonchev–Trinajstić information content (AvgIpc) is 3.20. The Morgan fingerprint density at radius 2 is 2.30 bits per heavy atom. The summed E-state index contributed by atoms with van der Waals surface area (Å²) < 4.78 is 0. The average molecular weight is 273 g/mol. The molecule has 0 spiro atoms. The number of carbonyl (C=O) groups is 1. The van der Waals surface area contributed by atoms with Crippen LogP contribution in [0.4, 0.5) is 0 Å². The summed E-state index contributed by atoms with van der Waals surface area (Å²) in [4.78, 5) is 14.5. The third-order valence-corrected chi connectivity index (χ3v) is 3.92. The van der Waals surface area contributed by atoms with Crippen molar-refractivity contribution in [3.05, 3.63) is 35.5 Å². The number of rotatable bonds is 6. The van der Waals surface area contributed by atoms with Crippen LogP contribution >= 0.6 is 0 Å². The number of nitrogens with two attached hydrogens (primary N) is 1. The van der Waals surface area contributed by atoms with Gasteiger partial charge in [0.2, 0.25) is 0 Å². The van der Waals surface area contributed by atoms with E-state index in [1.807, 2.05) is 12.3 Å². The fourth-order valence-electron chi connectivity index (χ4n) is 2.79. The van der Waals surface area contributed by atoms with Gasteiger partial charge in [0.05, 0.1) is 0 Å². The maximum absolute atomic E-state index is 11.3. The first-order valence-electron chi connectivity index (χ1n) is 6.96. The number of carboxylic acid groups (broad SMARTS) is 1. The van der Waals surface area contributed by atoms with Crippen LogP contribution in [0, 0.1) is 0 Å². The molecule has 1 aromatic carbocycles. The monoisotopic (exact) mass is 273 g/mol. The molecule has 1 unspecified atom stereocenters. The predicted octanol–water partition coefficient (Wildman–Crippen LogP) is 1.55. The zero-order valence-electron chi connectivity index (χ0n) is 11.2. The van der Waals surface area contributed by atoms with E-state index >= 15 is 0 Å². The van der Waals surface area contributed by atoms with Gasteiger partial charge in [-0.1, -0.05) is 12.1 Å². The van der Waals surface area contributed by atoms with E-state index in [4.69, 9.17) is 5.73 Å². The smallest absolute Gasteiger partial charge is 0.321 e. The van der Waals surface area contributed by atoms with Gasteiger partial charge >= 0.3 is 5.97 Å². The molecule has 20 heavy (non-hydrogen) atoms. The first-order chi connectivity index (χ1) is 9.70. The van der Waals surface area contributed by atoms with Crippen LogP contribution in [0.25, 0.3) is 10.9 Å². The highest BCUT2D eigenvalue weighted by atomic mass is 16.4. The Hall–Kier alpha value is -1.85. The molecule has 0 amide bonds. The molecular weight excluding hydrogens is 254 g/mol. The molecule has 1 aliphatic carbocycles. The molecule has 5 nitrogen and oxygen atoms in total. The molecule has 0 aliphatic heterocycles. The minimum absolute atomic E-state index is 0.162. The van der Waals surface area contributed by atoms with E-state index in [0.717, 1.165) is 11.1 Å². The lowest BCUT2D eigenvalue weighted by Crippen LogP contribution is -2.41. The summed E-state index contributed by atoms with van der Waals surface area (Å²) >= 11 is 0. The molecule has 0 bridgehead atoms. The summed E-state index contributed by atoms with van der Waals surface area (Å²) in [7, 11) is 0. The number of aliphatic carboxylic acids is 1. The summed E-state index contributed by atoms with van der Waals surface area (Å²) in [5.74, 6) is -0.229. The number of nitrogens with one attached hydrogen (secondary N) is 2. The van der Waals surface area contributed by atoms with Crippen LogP contribution in [0.3, 0.4) is 0 Å². The number of carboxylic acids is 1. The number of hydrogen-bond acceptors (Lipinski definition) is 3. The summed E-state index contributed by atoms with van der Waals surface area (Å²) in [6.45, 7) is 0.162. The molecule has 2 aromatic rings. The van der Waals surface area contributed by atoms with Crippen LogP contribution in [-0.2, 0) is 11.2 Å². The van der Waals surface area contributed by atoms with Crippen LogP contribution < -0.4 is 11.1 Å². The Balaban J connectivity index is 1.96. The van der Waals surface area contributed by atoms with Crippen molar-refractivity contribution in [3.63, 3.8) is 0 Å². The van der Waals surface area contributed by atoms with Gasteiger partial charge in [0, 0.05) is 30.2 Å². The van der Waals surface area contributed by atoms with E-state index in [0.29, 0.717) is 12.3 Å². The molecular formula is C15H19N3O2. The normalized spacial score (nSPS) is 16.4. The van der Waals surface area contributed by atoms with E-state index < -0.39 is 12.0 Å². The van der Waals surface area contributed by atoms with E-state index in [1.165, 1.54) is 23.8 Å². The highest BCUT2D eigenvalue weighted by molar-refractivity contribution is 5.88. The van der Waals surface area contributed by atoms with Crippen molar-refractivity contribution >= 4 is 16.9 Å². The van der Waals surface area contributed by atoms with Crippen molar-refractivity contribution in [2.75, 3.05) is 6.67 Å². The molecule has 1 saturated carbocycles. The van der Waals surface area contributed by atoms with Gasteiger partial charge in [-0.15, -0.1) is 0 Å². The lowest BCUT2D eigenvalue weighted by Gasteiger charge is -2.13. The summed E-state index contributed by atoms with van der Waals surface area (Å²) in [6.07, 6.45) is 4.82. The quantitative estimate of drug-likeness (QED) is 0.601. The molecule has 1 atom stereocenters. The minimum atomic E-state index is -0.867. The van der Waals surface area contributed by atoms with E-state index in [-0.39, 0.29) is 6.67 Å². The number of fused-ring (bicyclic) bond motifs is 1. The third-order valence-electron chi connectivity index (χ3n) is 3.92. The fourth-order valence-corrected chi connectivity index (χ4v) is 2.79. The first kappa shape index (κ1) is 13.1. The molecule has 1 aromatic heterocycles. The second-order valence-corrected chi connectivity index (χ2v) is 5.36. The predicted molar refractivity (Wildman–Crippen MR) is 77.6 cm³/mol. The molecule has 0 saturated heterocycles. The summed E-state index contributed by atoms with van der Waals surface area (Å²) in [5.41, 5.74) is 8.89. The summed E-state index contributed by atoms with van der Waals surface area (Å²) in [5, 5.41) is 13.2. The van der Waals surface area contributed by atoms with Crippen molar-refractivity contribution in [2.24, 2.45) is 5.73 Å². The van der Waals surface area contributed by atoms with Gasteiger partial charge in [-0.3, -0.25) is 10.1 Å². The third kappa shape index (κ3) is 2.42. The number of aromatic nitrogens is 1. The summed E-state index contributed by atoms with van der Waals surface area (Å²) in [6, 6.07) is 5.61. The lowest BCUT2D eigenvalue weighted by molar-refractivity contribution is -0.139. The van der Waals surface area contributed by atoms with E-state index in [9.17, 15) is 9.90 Å². The minimum Gasteiger partial charge on any atom is -0.480 e. The second kappa shape index (κ2) is 5.26. The zero-order chi connectivity index (χ0) is 14.1. The van der Waals surface area contributed by atoms with Gasteiger partial charge in [-0.05, 0) is 36.0 Å². The van der Waals surface area contributed by atoms with Crippen molar-refractivity contribution in [1.82, 2.24) is 10.3 Å². The van der Waals surface area contributed by atoms with Gasteiger partial charge in [-0.2, -0.15) is 0 Å². The fraction of sp³-hybridized carbons (Fsp3) is 0.400. The zero-order valence-corrected chi connectivity index (χ0v) is 11.2. The first-order valence-corrected chi connectivity index (χ1v) is 6.96. The maximum Gasteiger partial charge on any atom is 0.321 e. The molecule has 106 valence electrons. The van der Waals surface area contributed by atoms with Crippen molar-refractivity contribution < 1.29 is 9.90 Å². The van der Waals surface area contributed by atoms with Crippen molar-refractivity contribution in [3.8, 4) is 0 Å². The van der Waals surface area contributed by atoms with Crippen LogP contribution in [0.1, 0.15) is 29.9 Å². The topological polar surface area (TPSA) is 91.1 Å². The highest BCUT2D eigenvalue weighted by Gasteiger charge is 2.27. The van der Waals surface area contributed by atoms with Crippen molar-refractivity contribution in [2.45, 2.75) is 31.2 Å². The number of aromatic amines is 1. The Morgan fingerprint density at radius 3 is 2.95 bits per heavy atom. The van der Waals surface area contributed by atoms with Gasteiger partial charge < -0.3 is 15.8 Å². The Kier molecular flexibility index (Phi) is 3.46. The number of hydrogen-bond donors (Lipinski definition) is 4. The Labute approximate surface area is 117 Å². The van der Waals surface area contributed by atoms with Gasteiger partial charge in [0.25, 0.3) is 0 Å². The van der Waals surface area contributed by atoms with Crippen molar-refractivity contribution in [1.29, 1.82) is 0 Å². The van der Waals surface area contributed by atoms with E-state index in [2.05, 4.69) is 22.4 Å². The standard InChI is InChI=1S/C15H19N3O2/c16-8-18-13(15(19)20)6-10-7-17-12-3-1-2-11(14(10)12)9-4-5-9/h1-3,7,9,13,17-18H,4-6,8,16H2,(H,19,20). The molecule has 5 heteroatoms. The number of H-pyrrole nitrogens is 1.